The lowest BCUT2D eigenvalue weighted by atomic mass is 10.1. The van der Waals surface area contributed by atoms with Gasteiger partial charge in [0.25, 0.3) is 0 Å². The maximum Gasteiger partial charge on any atom is 0.134 e. The summed E-state index contributed by atoms with van der Waals surface area (Å²) in [5, 5.41) is 0.885. The number of hydrogen-bond donors (Lipinski definition) is 1. The summed E-state index contributed by atoms with van der Waals surface area (Å²) in [6, 6.07) is 5.92. The van der Waals surface area contributed by atoms with Crippen LogP contribution in [0, 0.1) is 0 Å². The van der Waals surface area contributed by atoms with Gasteiger partial charge < -0.3 is 5.73 Å². The molecular formula is C12H12ClN3. The number of benzene rings is 1. The number of hydrogen-bond acceptors (Lipinski definition) is 3. The molecule has 0 bridgehead atoms. The van der Waals surface area contributed by atoms with Crippen molar-refractivity contribution in [3.8, 4) is 0 Å². The monoisotopic (exact) mass is 233 g/mol. The average molecular weight is 234 g/mol. The SMILES string of the molecule is Nc1ncnc2ccc(C=CCCCl)cc12. The Hall–Kier alpha value is -1.61. The second-order valence-electron chi connectivity index (χ2n) is 3.42. The van der Waals surface area contributed by atoms with E-state index < -0.39 is 0 Å². The number of allylic oxidation sites excluding steroid dienone is 1. The van der Waals surface area contributed by atoms with Crippen molar-refractivity contribution in [2.75, 3.05) is 11.6 Å². The Kier molecular flexibility index (Phi) is 3.37. The molecule has 1 heterocycles. The Bertz CT molecular complexity index is 523. The Labute approximate surface area is 99.0 Å². The Balaban J connectivity index is 2.39. The van der Waals surface area contributed by atoms with Crippen molar-refractivity contribution in [3.05, 3.63) is 36.2 Å². The fourth-order valence-corrected chi connectivity index (χ4v) is 1.61. The second-order valence-corrected chi connectivity index (χ2v) is 3.79. The van der Waals surface area contributed by atoms with Crippen molar-refractivity contribution in [1.29, 1.82) is 0 Å². The van der Waals surface area contributed by atoms with Crippen LogP contribution in [0.2, 0.25) is 0 Å². The summed E-state index contributed by atoms with van der Waals surface area (Å²) >= 11 is 5.60. The molecule has 0 spiro atoms. The number of nitrogens with two attached hydrogens (primary N) is 1. The summed E-state index contributed by atoms with van der Waals surface area (Å²) in [6.07, 6.45) is 6.39. The number of fused-ring (bicyclic) bond motifs is 1. The van der Waals surface area contributed by atoms with E-state index >= 15 is 0 Å². The van der Waals surface area contributed by atoms with Gasteiger partial charge in [-0.05, 0) is 24.1 Å². The van der Waals surface area contributed by atoms with Gasteiger partial charge in [0, 0.05) is 11.3 Å². The van der Waals surface area contributed by atoms with Crippen LogP contribution in [0.25, 0.3) is 17.0 Å². The number of halogens is 1. The molecule has 0 aliphatic heterocycles. The summed E-state index contributed by atoms with van der Waals surface area (Å²) in [7, 11) is 0. The van der Waals surface area contributed by atoms with Gasteiger partial charge in [0.05, 0.1) is 5.52 Å². The van der Waals surface area contributed by atoms with E-state index in [2.05, 4.69) is 9.97 Å². The van der Waals surface area contributed by atoms with Gasteiger partial charge in [-0.15, -0.1) is 11.6 Å². The van der Waals surface area contributed by atoms with Crippen LogP contribution in [0.3, 0.4) is 0 Å². The van der Waals surface area contributed by atoms with Crippen LogP contribution in [0.5, 0.6) is 0 Å². The molecule has 0 saturated carbocycles. The number of rotatable bonds is 3. The molecule has 0 unspecified atom stereocenters. The first kappa shape index (κ1) is 10.9. The number of nitrogens with zero attached hydrogens (tertiary/aromatic N) is 2. The molecule has 0 radical (unpaired) electrons. The minimum atomic E-state index is 0.512. The molecule has 0 fully saturated rings. The highest BCUT2D eigenvalue weighted by molar-refractivity contribution is 6.17. The van der Waals surface area contributed by atoms with Crippen LogP contribution < -0.4 is 5.73 Å². The van der Waals surface area contributed by atoms with Crippen LogP contribution in [0.15, 0.2) is 30.6 Å². The third-order valence-electron chi connectivity index (χ3n) is 2.28. The fraction of sp³-hybridized carbons (Fsp3) is 0.167. The third kappa shape index (κ3) is 2.31. The van der Waals surface area contributed by atoms with Gasteiger partial charge in [0.2, 0.25) is 0 Å². The largest absolute Gasteiger partial charge is 0.383 e. The molecule has 2 aromatic rings. The molecule has 3 nitrogen and oxygen atoms in total. The zero-order chi connectivity index (χ0) is 11.4. The molecule has 4 heteroatoms. The topological polar surface area (TPSA) is 51.8 Å². The number of anilines is 1. The van der Waals surface area contributed by atoms with Gasteiger partial charge in [0.1, 0.15) is 12.1 Å². The second kappa shape index (κ2) is 4.94. The Morgan fingerprint density at radius 3 is 3.00 bits per heavy atom. The molecule has 1 aromatic carbocycles. The van der Waals surface area contributed by atoms with E-state index in [1.807, 2.05) is 30.4 Å². The van der Waals surface area contributed by atoms with Crippen molar-refractivity contribution in [3.63, 3.8) is 0 Å². The first-order chi connectivity index (χ1) is 7.81. The molecule has 2 N–H and O–H groups in total. The highest BCUT2D eigenvalue weighted by Crippen LogP contribution is 2.18. The van der Waals surface area contributed by atoms with Crippen LogP contribution in [-0.4, -0.2) is 15.8 Å². The lowest BCUT2D eigenvalue weighted by Crippen LogP contribution is -1.93. The lowest BCUT2D eigenvalue weighted by Gasteiger charge is -2.01. The number of aromatic nitrogens is 2. The van der Waals surface area contributed by atoms with Crippen molar-refractivity contribution in [1.82, 2.24) is 9.97 Å². The zero-order valence-corrected chi connectivity index (χ0v) is 9.48. The number of alkyl halides is 1. The van der Waals surface area contributed by atoms with Crippen LogP contribution in [-0.2, 0) is 0 Å². The Morgan fingerprint density at radius 2 is 2.19 bits per heavy atom. The van der Waals surface area contributed by atoms with Crippen LogP contribution >= 0.6 is 11.6 Å². The minimum absolute atomic E-state index is 0.512. The third-order valence-corrected chi connectivity index (χ3v) is 2.49. The van der Waals surface area contributed by atoms with Crippen molar-refractivity contribution >= 4 is 34.4 Å². The van der Waals surface area contributed by atoms with E-state index in [9.17, 15) is 0 Å². The summed E-state index contributed by atoms with van der Waals surface area (Å²) in [5.74, 6) is 1.15. The van der Waals surface area contributed by atoms with E-state index in [1.54, 1.807) is 0 Å². The fourth-order valence-electron chi connectivity index (χ4n) is 1.48. The predicted molar refractivity (Wildman–Crippen MR) is 68.3 cm³/mol. The molecule has 0 saturated heterocycles. The van der Waals surface area contributed by atoms with Crippen LogP contribution in [0.1, 0.15) is 12.0 Å². The van der Waals surface area contributed by atoms with Crippen molar-refractivity contribution in [2.24, 2.45) is 0 Å². The number of nitrogen functional groups attached to an aromatic ring is 1. The highest BCUT2D eigenvalue weighted by atomic mass is 35.5. The lowest BCUT2D eigenvalue weighted by molar-refractivity contribution is 1.23. The maximum atomic E-state index is 5.78. The molecule has 1 aromatic heterocycles. The predicted octanol–water partition coefficient (Wildman–Crippen LogP) is 2.85. The van der Waals surface area contributed by atoms with Crippen molar-refractivity contribution < 1.29 is 0 Å². The smallest absolute Gasteiger partial charge is 0.134 e. The first-order valence-corrected chi connectivity index (χ1v) is 5.57. The highest BCUT2D eigenvalue weighted by Gasteiger charge is 1.99. The Morgan fingerprint density at radius 1 is 1.31 bits per heavy atom. The van der Waals surface area contributed by atoms with Gasteiger partial charge in [-0.3, -0.25) is 0 Å². The molecule has 82 valence electrons. The average Bonchev–Trinajstić information content (AvgIpc) is 2.30. The van der Waals surface area contributed by atoms with E-state index in [0.717, 1.165) is 22.9 Å². The van der Waals surface area contributed by atoms with Gasteiger partial charge in [-0.25, -0.2) is 9.97 Å². The molecule has 0 aliphatic carbocycles. The summed E-state index contributed by atoms with van der Waals surface area (Å²) in [4.78, 5) is 8.11. The van der Waals surface area contributed by atoms with Gasteiger partial charge >= 0.3 is 0 Å². The summed E-state index contributed by atoms with van der Waals surface area (Å²) in [5.41, 5.74) is 7.73. The van der Waals surface area contributed by atoms with Gasteiger partial charge in [-0.2, -0.15) is 0 Å². The standard InChI is InChI=1S/C12H12ClN3/c13-6-2-1-3-9-4-5-11-10(7-9)12(14)16-8-15-11/h1,3-5,7-8H,2,6H2,(H2,14,15,16). The molecule has 2 rings (SSSR count). The quantitative estimate of drug-likeness (QED) is 0.830. The van der Waals surface area contributed by atoms with E-state index in [0.29, 0.717) is 11.7 Å². The molecule has 0 atom stereocenters. The van der Waals surface area contributed by atoms with Gasteiger partial charge in [0.15, 0.2) is 0 Å². The molecule has 0 aliphatic rings. The zero-order valence-electron chi connectivity index (χ0n) is 8.73. The summed E-state index contributed by atoms with van der Waals surface area (Å²) in [6.45, 7) is 0. The van der Waals surface area contributed by atoms with Crippen LogP contribution in [0.4, 0.5) is 5.82 Å². The molecule has 0 amide bonds. The minimum Gasteiger partial charge on any atom is -0.383 e. The molecule has 16 heavy (non-hydrogen) atoms. The normalized spacial score (nSPS) is 11.3. The molecular weight excluding hydrogens is 222 g/mol. The van der Waals surface area contributed by atoms with Crippen molar-refractivity contribution in [2.45, 2.75) is 6.42 Å². The van der Waals surface area contributed by atoms with Gasteiger partial charge in [-0.1, -0.05) is 18.2 Å². The first-order valence-electron chi connectivity index (χ1n) is 5.04. The van der Waals surface area contributed by atoms with E-state index in [1.165, 1.54) is 6.33 Å². The maximum absolute atomic E-state index is 5.78. The van der Waals surface area contributed by atoms with E-state index in [4.69, 9.17) is 17.3 Å². The van der Waals surface area contributed by atoms with E-state index in [-0.39, 0.29) is 0 Å². The summed E-state index contributed by atoms with van der Waals surface area (Å²) < 4.78 is 0.